The highest BCUT2D eigenvalue weighted by atomic mass is 15.0. The average Bonchev–Trinajstić information content (AvgIpc) is 2.35. The summed E-state index contributed by atoms with van der Waals surface area (Å²) in [6.07, 6.45) is 1.67. The Kier molecular flexibility index (Phi) is 3.06. The first kappa shape index (κ1) is 11.2. The van der Waals surface area contributed by atoms with Gasteiger partial charge in [-0.15, -0.1) is 0 Å². The molecule has 0 radical (unpaired) electrons. The summed E-state index contributed by atoms with van der Waals surface area (Å²) in [5.74, 6) is 0.601. The number of benzene rings is 1. The van der Waals surface area contributed by atoms with E-state index in [1.54, 1.807) is 18.3 Å². The molecule has 0 saturated heterocycles. The normalized spacial score (nSPS) is 9.71. The summed E-state index contributed by atoms with van der Waals surface area (Å²) in [5.41, 5.74) is 3.92. The van der Waals surface area contributed by atoms with E-state index >= 15 is 0 Å². The van der Waals surface area contributed by atoms with Gasteiger partial charge in [0.05, 0.1) is 5.56 Å². The summed E-state index contributed by atoms with van der Waals surface area (Å²) in [7, 11) is 0. The molecule has 3 heteroatoms. The van der Waals surface area contributed by atoms with E-state index in [0.717, 1.165) is 5.69 Å². The van der Waals surface area contributed by atoms with Crippen LogP contribution in [0.25, 0.3) is 0 Å². The molecule has 1 aromatic carbocycles. The van der Waals surface area contributed by atoms with Gasteiger partial charge in [-0.2, -0.15) is 5.26 Å². The van der Waals surface area contributed by atoms with Crippen LogP contribution >= 0.6 is 0 Å². The third-order valence-electron chi connectivity index (χ3n) is 2.79. The van der Waals surface area contributed by atoms with E-state index < -0.39 is 0 Å². The fourth-order valence-electron chi connectivity index (χ4n) is 1.61. The smallest absolute Gasteiger partial charge is 0.148 e. The van der Waals surface area contributed by atoms with Crippen LogP contribution in [-0.2, 0) is 0 Å². The lowest BCUT2D eigenvalue weighted by atomic mass is 10.1. The van der Waals surface area contributed by atoms with Crippen molar-refractivity contribution in [3.05, 3.63) is 53.2 Å². The van der Waals surface area contributed by atoms with Crippen molar-refractivity contribution in [1.82, 2.24) is 4.98 Å². The second kappa shape index (κ2) is 4.67. The number of nitriles is 1. The number of hydrogen-bond donors (Lipinski definition) is 1. The predicted octanol–water partition coefficient (Wildman–Crippen LogP) is 3.31. The molecule has 0 saturated carbocycles. The maximum absolute atomic E-state index is 8.99. The van der Waals surface area contributed by atoms with Crippen LogP contribution < -0.4 is 5.32 Å². The number of hydrogen-bond acceptors (Lipinski definition) is 3. The Morgan fingerprint density at radius 3 is 2.76 bits per heavy atom. The molecule has 0 aliphatic rings. The zero-order chi connectivity index (χ0) is 12.3. The highest BCUT2D eigenvalue weighted by molar-refractivity contribution is 5.66. The van der Waals surface area contributed by atoms with E-state index in [9.17, 15) is 0 Å². The van der Waals surface area contributed by atoms with Crippen LogP contribution in [0.5, 0.6) is 0 Å². The second-order valence-electron chi connectivity index (χ2n) is 3.88. The lowest BCUT2D eigenvalue weighted by molar-refractivity contribution is 1.26. The number of anilines is 2. The molecule has 0 spiro atoms. The molecule has 0 aliphatic heterocycles. The predicted molar refractivity (Wildman–Crippen MR) is 68.2 cm³/mol. The average molecular weight is 223 g/mol. The highest BCUT2D eigenvalue weighted by Crippen LogP contribution is 2.23. The Morgan fingerprint density at radius 1 is 1.18 bits per heavy atom. The summed E-state index contributed by atoms with van der Waals surface area (Å²) < 4.78 is 0. The van der Waals surface area contributed by atoms with Crippen molar-refractivity contribution in [2.24, 2.45) is 0 Å². The molecule has 17 heavy (non-hydrogen) atoms. The Morgan fingerprint density at radius 2 is 2.00 bits per heavy atom. The van der Waals surface area contributed by atoms with Gasteiger partial charge in [0.15, 0.2) is 0 Å². The SMILES string of the molecule is Cc1cccc(Nc2ncccc2C#N)c1C. The molecule has 2 rings (SSSR count). The standard InChI is InChI=1S/C14H13N3/c1-10-5-3-7-13(11(10)2)17-14-12(9-15)6-4-8-16-14/h3-8H,1-2H3,(H,16,17). The van der Waals surface area contributed by atoms with Crippen molar-refractivity contribution in [3.8, 4) is 6.07 Å². The molecular weight excluding hydrogens is 210 g/mol. The van der Waals surface area contributed by atoms with E-state index in [1.807, 2.05) is 19.1 Å². The molecule has 1 heterocycles. The van der Waals surface area contributed by atoms with Crippen LogP contribution in [0.15, 0.2) is 36.5 Å². The van der Waals surface area contributed by atoms with Crippen molar-refractivity contribution < 1.29 is 0 Å². The third-order valence-corrected chi connectivity index (χ3v) is 2.79. The summed E-state index contributed by atoms with van der Waals surface area (Å²) in [5, 5.41) is 12.2. The van der Waals surface area contributed by atoms with Gasteiger partial charge in [-0.3, -0.25) is 0 Å². The van der Waals surface area contributed by atoms with Crippen LogP contribution in [0.2, 0.25) is 0 Å². The molecule has 84 valence electrons. The maximum Gasteiger partial charge on any atom is 0.148 e. The summed E-state index contributed by atoms with van der Waals surface area (Å²) in [4.78, 5) is 4.18. The lowest BCUT2D eigenvalue weighted by Gasteiger charge is -2.11. The van der Waals surface area contributed by atoms with E-state index in [-0.39, 0.29) is 0 Å². The van der Waals surface area contributed by atoms with Gasteiger partial charge in [0.25, 0.3) is 0 Å². The van der Waals surface area contributed by atoms with Gasteiger partial charge >= 0.3 is 0 Å². The minimum Gasteiger partial charge on any atom is -0.339 e. The Balaban J connectivity index is 2.39. The van der Waals surface area contributed by atoms with E-state index in [4.69, 9.17) is 5.26 Å². The Bertz CT molecular complexity index is 582. The molecule has 3 nitrogen and oxygen atoms in total. The zero-order valence-corrected chi connectivity index (χ0v) is 9.86. The first-order valence-corrected chi connectivity index (χ1v) is 5.40. The van der Waals surface area contributed by atoms with Gasteiger partial charge in [-0.05, 0) is 43.2 Å². The molecule has 0 bridgehead atoms. The van der Waals surface area contributed by atoms with Crippen LogP contribution in [-0.4, -0.2) is 4.98 Å². The lowest BCUT2D eigenvalue weighted by Crippen LogP contribution is -1.99. The summed E-state index contributed by atoms with van der Waals surface area (Å²) in [6.45, 7) is 4.11. The fraction of sp³-hybridized carbons (Fsp3) is 0.143. The quantitative estimate of drug-likeness (QED) is 0.849. The van der Waals surface area contributed by atoms with Gasteiger partial charge in [0.2, 0.25) is 0 Å². The van der Waals surface area contributed by atoms with Crippen LogP contribution in [0, 0.1) is 25.2 Å². The summed E-state index contributed by atoms with van der Waals surface area (Å²) >= 11 is 0. The van der Waals surface area contributed by atoms with E-state index in [2.05, 4.69) is 29.4 Å². The highest BCUT2D eigenvalue weighted by Gasteiger charge is 2.05. The fourth-order valence-corrected chi connectivity index (χ4v) is 1.61. The number of nitrogens with zero attached hydrogens (tertiary/aromatic N) is 2. The monoisotopic (exact) mass is 223 g/mol. The van der Waals surface area contributed by atoms with Gasteiger partial charge in [0.1, 0.15) is 11.9 Å². The number of aryl methyl sites for hydroxylation is 1. The minimum absolute atomic E-state index is 0.549. The second-order valence-corrected chi connectivity index (χ2v) is 3.88. The van der Waals surface area contributed by atoms with Gasteiger partial charge in [-0.25, -0.2) is 4.98 Å². The zero-order valence-electron chi connectivity index (χ0n) is 9.86. The number of aromatic nitrogens is 1. The molecule has 1 aromatic heterocycles. The van der Waals surface area contributed by atoms with Crippen molar-refractivity contribution in [2.75, 3.05) is 5.32 Å². The molecule has 0 aliphatic carbocycles. The van der Waals surface area contributed by atoms with Crippen LogP contribution in [0.1, 0.15) is 16.7 Å². The topological polar surface area (TPSA) is 48.7 Å². The minimum atomic E-state index is 0.549. The molecule has 0 amide bonds. The first-order valence-electron chi connectivity index (χ1n) is 5.40. The number of pyridine rings is 1. The Labute approximate surface area is 101 Å². The molecule has 2 aromatic rings. The van der Waals surface area contributed by atoms with Crippen molar-refractivity contribution >= 4 is 11.5 Å². The van der Waals surface area contributed by atoms with Crippen molar-refractivity contribution in [2.45, 2.75) is 13.8 Å². The van der Waals surface area contributed by atoms with E-state index in [0.29, 0.717) is 11.4 Å². The van der Waals surface area contributed by atoms with Crippen molar-refractivity contribution in [1.29, 1.82) is 5.26 Å². The van der Waals surface area contributed by atoms with Gasteiger partial charge in [0, 0.05) is 11.9 Å². The van der Waals surface area contributed by atoms with E-state index in [1.165, 1.54) is 11.1 Å². The molecule has 1 N–H and O–H groups in total. The molecule has 0 atom stereocenters. The van der Waals surface area contributed by atoms with Crippen LogP contribution in [0.4, 0.5) is 11.5 Å². The largest absolute Gasteiger partial charge is 0.339 e. The summed E-state index contributed by atoms with van der Waals surface area (Å²) in [6, 6.07) is 11.7. The van der Waals surface area contributed by atoms with Gasteiger partial charge in [-0.1, -0.05) is 12.1 Å². The van der Waals surface area contributed by atoms with Crippen LogP contribution in [0.3, 0.4) is 0 Å². The number of rotatable bonds is 2. The Hall–Kier alpha value is -2.34. The number of nitrogens with one attached hydrogen (secondary N) is 1. The maximum atomic E-state index is 8.99. The first-order chi connectivity index (χ1) is 8.22. The van der Waals surface area contributed by atoms with Crippen molar-refractivity contribution in [3.63, 3.8) is 0 Å². The molecule has 0 fully saturated rings. The third kappa shape index (κ3) is 2.26. The molecule has 0 unspecified atom stereocenters. The van der Waals surface area contributed by atoms with Gasteiger partial charge < -0.3 is 5.32 Å². The molecular formula is C14H13N3.